The fraction of sp³-hybridized carbons (Fsp3) is 0.667. The summed E-state index contributed by atoms with van der Waals surface area (Å²) in [7, 11) is -2.76. The number of hydrogen-bond donors (Lipinski definition) is 1. The van der Waals surface area contributed by atoms with E-state index in [2.05, 4.69) is 0 Å². The molecule has 0 spiro atoms. The molecule has 105 valence electrons. The van der Waals surface area contributed by atoms with Crippen LogP contribution in [0.25, 0.3) is 0 Å². The molecule has 18 heavy (non-hydrogen) atoms. The molecule has 0 fully saturated rings. The van der Waals surface area contributed by atoms with Gasteiger partial charge in [-0.15, -0.1) is 0 Å². The topological polar surface area (TPSA) is 65.0 Å². The molecule has 0 unspecified atom stereocenters. The van der Waals surface area contributed by atoms with E-state index in [9.17, 15) is 4.79 Å². The molecule has 0 aromatic rings. The van der Waals surface area contributed by atoms with Crippen LogP contribution in [0.15, 0.2) is 11.6 Å². The molecule has 0 atom stereocenters. The summed E-state index contributed by atoms with van der Waals surface area (Å²) in [6.45, 7) is 8.71. The van der Waals surface area contributed by atoms with Gasteiger partial charge in [0.05, 0.1) is 0 Å². The summed E-state index contributed by atoms with van der Waals surface area (Å²) in [5.41, 5.74) is 0.304. The van der Waals surface area contributed by atoms with Gasteiger partial charge in [-0.05, 0) is 34.1 Å². The van der Waals surface area contributed by atoms with Crippen LogP contribution in [0.2, 0.25) is 0 Å². The Morgan fingerprint density at radius 2 is 1.56 bits per heavy atom. The van der Waals surface area contributed by atoms with Crippen LogP contribution in [0.4, 0.5) is 0 Å². The van der Waals surface area contributed by atoms with Gasteiger partial charge in [0.1, 0.15) is 0 Å². The largest absolute Gasteiger partial charge is 0.504 e. The SMILES string of the molecule is CCO[Si]([CH]CC=C(C)C(=O)O)(OCC)OCC. The fourth-order valence-electron chi connectivity index (χ4n) is 1.37. The lowest BCUT2D eigenvalue weighted by Crippen LogP contribution is -2.47. The molecule has 0 amide bonds. The van der Waals surface area contributed by atoms with Crippen LogP contribution in [0.1, 0.15) is 34.1 Å². The van der Waals surface area contributed by atoms with Crippen molar-refractivity contribution < 1.29 is 23.2 Å². The second kappa shape index (κ2) is 9.27. The normalized spacial score (nSPS) is 12.8. The smallest absolute Gasteiger partial charge is 0.478 e. The predicted octanol–water partition coefficient (Wildman–Crippen LogP) is 2.20. The molecule has 0 aromatic carbocycles. The Bertz CT molecular complexity index is 261. The van der Waals surface area contributed by atoms with Crippen LogP contribution >= 0.6 is 0 Å². The van der Waals surface area contributed by atoms with Gasteiger partial charge in [-0.3, -0.25) is 0 Å². The van der Waals surface area contributed by atoms with E-state index in [0.717, 1.165) is 0 Å². The van der Waals surface area contributed by atoms with Gasteiger partial charge < -0.3 is 18.4 Å². The maximum atomic E-state index is 10.7. The molecule has 0 saturated heterocycles. The van der Waals surface area contributed by atoms with Gasteiger partial charge in [-0.1, -0.05) is 6.08 Å². The van der Waals surface area contributed by atoms with Crippen molar-refractivity contribution in [3.05, 3.63) is 17.7 Å². The Morgan fingerprint density at radius 1 is 1.11 bits per heavy atom. The Labute approximate surface area is 110 Å². The predicted molar refractivity (Wildman–Crippen MR) is 70.9 cm³/mol. The lowest BCUT2D eigenvalue weighted by molar-refractivity contribution is -0.132. The van der Waals surface area contributed by atoms with Crippen LogP contribution in [0.3, 0.4) is 0 Å². The van der Waals surface area contributed by atoms with Gasteiger partial charge in [0, 0.05) is 31.4 Å². The second-order valence-corrected chi connectivity index (χ2v) is 6.02. The number of carboxylic acid groups (broad SMARTS) is 1. The highest BCUT2D eigenvalue weighted by Crippen LogP contribution is 2.16. The monoisotopic (exact) mass is 275 g/mol. The second-order valence-electron chi connectivity index (χ2n) is 3.53. The molecule has 0 bridgehead atoms. The summed E-state index contributed by atoms with van der Waals surface area (Å²) in [6, 6.07) is 1.83. The quantitative estimate of drug-likeness (QED) is 0.489. The molecule has 5 nitrogen and oxygen atoms in total. The van der Waals surface area contributed by atoms with Crippen LogP contribution in [-0.4, -0.2) is 39.7 Å². The minimum atomic E-state index is -2.76. The van der Waals surface area contributed by atoms with Gasteiger partial charge in [-0.2, -0.15) is 0 Å². The molecule has 0 aliphatic rings. The first-order valence-electron chi connectivity index (χ1n) is 6.17. The fourth-order valence-corrected chi connectivity index (χ4v) is 3.59. The molecule has 0 heterocycles. The van der Waals surface area contributed by atoms with Crippen molar-refractivity contribution in [3.8, 4) is 0 Å². The highest BCUT2D eigenvalue weighted by atomic mass is 28.4. The standard InChI is InChI=1S/C12H23O5Si/c1-5-15-18(16-6-2,17-7-3)10-8-9-11(4)12(13)14/h9-10H,5-8H2,1-4H3,(H,13,14). The van der Waals surface area contributed by atoms with Gasteiger partial charge >= 0.3 is 14.8 Å². The maximum absolute atomic E-state index is 10.7. The van der Waals surface area contributed by atoms with E-state index in [4.69, 9.17) is 18.4 Å². The van der Waals surface area contributed by atoms with Crippen LogP contribution in [-0.2, 0) is 18.1 Å². The van der Waals surface area contributed by atoms with Gasteiger partial charge in [0.15, 0.2) is 0 Å². The average Bonchev–Trinajstić information content (AvgIpc) is 2.29. The zero-order chi connectivity index (χ0) is 14.0. The van der Waals surface area contributed by atoms with E-state index in [1.54, 1.807) is 13.0 Å². The highest BCUT2D eigenvalue weighted by molar-refractivity contribution is 6.64. The number of carbonyl (C=O) groups is 1. The zero-order valence-corrected chi connectivity index (χ0v) is 12.6. The van der Waals surface area contributed by atoms with E-state index in [0.29, 0.717) is 31.8 Å². The summed E-state index contributed by atoms with van der Waals surface area (Å²) >= 11 is 0. The number of aliphatic carboxylic acids is 1. The Morgan fingerprint density at radius 3 is 1.89 bits per heavy atom. The van der Waals surface area contributed by atoms with Crippen molar-refractivity contribution in [3.63, 3.8) is 0 Å². The van der Waals surface area contributed by atoms with E-state index in [-0.39, 0.29) is 0 Å². The Balaban J connectivity index is 4.56. The number of rotatable bonds is 10. The van der Waals surface area contributed by atoms with Crippen molar-refractivity contribution in [2.45, 2.75) is 34.1 Å². The molecule has 6 heteroatoms. The molecular weight excluding hydrogens is 252 g/mol. The summed E-state index contributed by atoms with van der Waals surface area (Å²) in [5, 5.41) is 8.76. The molecular formula is C12H23O5Si. The number of carboxylic acids is 1. The summed E-state index contributed by atoms with van der Waals surface area (Å²) in [5.74, 6) is -0.917. The first kappa shape index (κ1) is 17.3. The van der Waals surface area contributed by atoms with Crippen molar-refractivity contribution >= 4 is 14.8 Å². The minimum absolute atomic E-state index is 0.304. The molecule has 0 aliphatic heterocycles. The third-order valence-electron chi connectivity index (χ3n) is 2.17. The van der Waals surface area contributed by atoms with Gasteiger partial charge in [0.25, 0.3) is 0 Å². The van der Waals surface area contributed by atoms with Crippen molar-refractivity contribution in [2.75, 3.05) is 19.8 Å². The van der Waals surface area contributed by atoms with E-state index in [1.165, 1.54) is 0 Å². The first-order chi connectivity index (χ1) is 8.51. The summed E-state index contributed by atoms with van der Waals surface area (Å²) < 4.78 is 16.8. The maximum Gasteiger partial charge on any atom is 0.504 e. The molecule has 0 aliphatic carbocycles. The van der Waals surface area contributed by atoms with E-state index in [1.807, 2.05) is 26.8 Å². The Kier molecular flexibility index (Phi) is 8.91. The Hall–Kier alpha value is -0.693. The van der Waals surface area contributed by atoms with E-state index < -0.39 is 14.8 Å². The number of allylic oxidation sites excluding steroid dienone is 1. The lowest BCUT2D eigenvalue weighted by atomic mass is 10.2. The minimum Gasteiger partial charge on any atom is -0.478 e. The van der Waals surface area contributed by atoms with Gasteiger partial charge in [0.2, 0.25) is 0 Å². The van der Waals surface area contributed by atoms with Gasteiger partial charge in [-0.25, -0.2) is 4.79 Å². The third-order valence-corrected chi connectivity index (χ3v) is 4.97. The summed E-state index contributed by atoms with van der Waals surface area (Å²) in [6.07, 6.45) is 2.09. The lowest BCUT2D eigenvalue weighted by Gasteiger charge is -2.27. The average molecular weight is 275 g/mol. The molecule has 0 rings (SSSR count). The van der Waals surface area contributed by atoms with Crippen LogP contribution in [0, 0.1) is 6.04 Å². The first-order valence-corrected chi connectivity index (χ1v) is 7.97. The number of hydrogen-bond acceptors (Lipinski definition) is 4. The molecule has 1 radical (unpaired) electrons. The zero-order valence-electron chi connectivity index (χ0n) is 11.6. The molecule has 0 saturated carbocycles. The van der Waals surface area contributed by atoms with Crippen LogP contribution in [0.5, 0.6) is 0 Å². The molecule has 1 N–H and O–H groups in total. The summed E-state index contributed by atoms with van der Waals surface area (Å²) in [4.78, 5) is 10.7. The highest BCUT2D eigenvalue weighted by Gasteiger charge is 2.39. The third kappa shape index (κ3) is 6.30. The van der Waals surface area contributed by atoms with Crippen LogP contribution < -0.4 is 0 Å². The van der Waals surface area contributed by atoms with E-state index >= 15 is 0 Å². The van der Waals surface area contributed by atoms with Crippen molar-refractivity contribution in [2.24, 2.45) is 0 Å². The van der Waals surface area contributed by atoms with Crippen molar-refractivity contribution in [1.29, 1.82) is 0 Å². The van der Waals surface area contributed by atoms with Crippen molar-refractivity contribution in [1.82, 2.24) is 0 Å². The molecule has 0 aromatic heterocycles.